The number of pyridine rings is 2. The van der Waals surface area contributed by atoms with Crippen molar-refractivity contribution in [3.8, 4) is 0 Å². The number of esters is 1. The van der Waals surface area contributed by atoms with Crippen molar-refractivity contribution in [2.24, 2.45) is 4.99 Å². The molecule has 37 heavy (non-hydrogen) atoms. The maximum absolute atomic E-state index is 13.5. The van der Waals surface area contributed by atoms with E-state index >= 15 is 0 Å². The zero-order valence-electron chi connectivity index (χ0n) is 21.7. The van der Waals surface area contributed by atoms with Gasteiger partial charge in [0.05, 0.1) is 12.0 Å². The third-order valence-electron chi connectivity index (χ3n) is 6.29. The van der Waals surface area contributed by atoms with E-state index in [1.165, 1.54) is 10.5 Å². The smallest absolute Gasteiger partial charge is 0.341 e. The van der Waals surface area contributed by atoms with E-state index in [2.05, 4.69) is 4.99 Å². The van der Waals surface area contributed by atoms with E-state index < -0.39 is 11.9 Å². The number of nitrogens with zero attached hydrogens (tertiary/aromatic N) is 4. The van der Waals surface area contributed by atoms with Gasteiger partial charge >= 0.3 is 5.97 Å². The lowest BCUT2D eigenvalue weighted by molar-refractivity contribution is 0.0523. The summed E-state index contributed by atoms with van der Waals surface area (Å²) in [4.78, 5) is 49.1. The molecule has 0 unspecified atom stereocenters. The molecular weight excluding hydrogens is 472 g/mol. The number of hydrogen-bond acceptors (Lipinski definition) is 6. The van der Waals surface area contributed by atoms with E-state index in [1.54, 1.807) is 43.0 Å². The highest BCUT2D eigenvalue weighted by atomic mass is 16.5. The van der Waals surface area contributed by atoms with Crippen LogP contribution in [-0.4, -0.2) is 46.2 Å². The molecular formula is C28H30N4O5. The second kappa shape index (κ2) is 10.9. The van der Waals surface area contributed by atoms with Crippen molar-refractivity contribution in [3.63, 3.8) is 0 Å². The predicted molar refractivity (Wildman–Crippen MR) is 140 cm³/mol. The Morgan fingerprint density at radius 1 is 1.03 bits per heavy atom. The van der Waals surface area contributed by atoms with Crippen LogP contribution in [0.4, 0.5) is 0 Å². The van der Waals surface area contributed by atoms with Gasteiger partial charge in [-0.05, 0) is 75.1 Å². The predicted octanol–water partition coefficient (Wildman–Crippen LogP) is 3.53. The van der Waals surface area contributed by atoms with E-state index in [0.29, 0.717) is 36.4 Å². The van der Waals surface area contributed by atoms with Gasteiger partial charge in [0.25, 0.3) is 11.5 Å². The molecule has 0 saturated carbocycles. The highest BCUT2D eigenvalue weighted by Crippen LogP contribution is 2.15. The van der Waals surface area contributed by atoms with E-state index in [1.807, 2.05) is 32.9 Å². The minimum Gasteiger partial charge on any atom is -0.462 e. The zero-order chi connectivity index (χ0) is 26.7. The SMILES string of the molecule is CCOC(=O)c1cc2c(=O)n3cccc(C)c3nc2n(CCCOC)c1=NC(=O)c1ccc(C)c(C)c1. The number of amides is 1. The van der Waals surface area contributed by atoms with E-state index in [9.17, 15) is 14.4 Å². The van der Waals surface area contributed by atoms with Gasteiger partial charge < -0.3 is 14.0 Å². The molecule has 0 N–H and O–H groups in total. The summed E-state index contributed by atoms with van der Waals surface area (Å²) in [5.41, 5.74) is 3.80. The first-order valence-electron chi connectivity index (χ1n) is 12.1. The van der Waals surface area contributed by atoms with Crippen LogP contribution in [0.3, 0.4) is 0 Å². The maximum atomic E-state index is 13.5. The summed E-state index contributed by atoms with van der Waals surface area (Å²) < 4.78 is 13.6. The molecule has 0 bridgehead atoms. The molecule has 9 nitrogen and oxygen atoms in total. The second-order valence-corrected chi connectivity index (χ2v) is 8.86. The number of fused-ring (bicyclic) bond motifs is 2. The summed E-state index contributed by atoms with van der Waals surface area (Å²) in [6, 6.07) is 10.4. The van der Waals surface area contributed by atoms with Crippen LogP contribution in [0.5, 0.6) is 0 Å². The molecule has 1 amide bonds. The maximum Gasteiger partial charge on any atom is 0.341 e. The fourth-order valence-corrected chi connectivity index (χ4v) is 4.18. The quantitative estimate of drug-likeness (QED) is 0.218. The van der Waals surface area contributed by atoms with E-state index in [-0.39, 0.29) is 28.6 Å². The Balaban J connectivity index is 2.11. The molecule has 0 radical (unpaired) electrons. The number of methoxy groups -OCH3 is 1. The molecule has 0 atom stereocenters. The molecule has 0 aliphatic carbocycles. The van der Waals surface area contributed by atoms with Crippen molar-refractivity contribution in [1.29, 1.82) is 0 Å². The number of hydrogen-bond donors (Lipinski definition) is 0. The number of rotatable bonds is 7. The molecule has 0 saturated heterocycles. The lowest BCUT2D eigenvalue weighted by Gasteiger charge is -2.15. The first-order chi connectivity index (χ1) is 17.8. The molecule has 4 aromatic rings. The van der Waals surface area contributed by atoms with Crippen LogP contribution in [0.1, 0.15) is 50.8 Å². The fraction of sp³-hybridized carbons (Fsp3) is 0.321. The van der Waals surface area contributed by atoms with Crippen LogP contribution in [0.15, 0.2) is 52.4 Å². The Labute approximate surface area is 214 Å². The minimum absolute atomic E-state index is 0.0236. The van der Waals surface area contributed by atoms with Crippen molar-refractivity contribution < 1.29 is 19.1 Å². The summed E-state index contributed by atoms with van der Waals surface area (Å²) in [7, 11) is 1.59. The van der Waals surface area contributed by atoms with Gasteiger partial charge in [0.15, 0.2) is 5.49 Å². The summed E-state index contributed by atoms with van der Waals surface area (Å²) in [6.45, 7) is 8.30. The largest absolute Gasteiger partial charge is 0.462 e. The van der Waals surface area contributed by atoms with Gasteiger partial charge in [0.2, 0.25) is 0 Å². The van der Waals surface area contributed by atoms with Crippen molar-refractivity contribution in [3.05, 3.63) is 86.3 Å². The van der Waals surface area contributed by atoms with Gasteiger partial charge in [-0.25, -0.2) is 9.78 Å². The van der Waals surface area contributed by atoms with E-state index in [0.717, 1.165) is 16.7 Å². The molecule has 1 aromatic carbocycles. The molecule has 0 aliphatic heterocycles. The number of carbonyl (C=O) groups is 2. The molecule has 192 valence electrons. The first kappa shape index (κ1) is 26.0. The molecule has 4 rings (SSSR count). The molecule has 0 spiro atoms. The lowest BCUT2D eigenvalue weighted by atomic mass is 10.1. The Morgan fingerprint density at radius 2 is 1.81 bits per heavy atom. The molecule has 9 heteroatoms. The van der Waals surface area contributed by atoms with Crippen LogP contribution in [0.2, 0.25) is 0 Å². The van der Waals surface area contributed by atoms with E-state index in [4.69, 9.17) is 14.5 Å². The van der Waals surface area contributed by atoms with Crippen molar-refractivity contribution >= 4 is 28.6 Å². The van der Waals surface area contributed by atoms with Gasteiger partial charge in [0.1, 0.15) is 16.9 Å². The number of aromatic nitrogens is 3. The third-order valence-corrected chi connectivity index (χ3v) is 6.29. The monoisotopic (exact) mass is 502 g/mol. The summed E-state index contributed by atoms with van der Waals surface area (Å²) in [5.74, 6) is -1.19. The lowest BCUT2D eigenvalue weighted by Crippen LogP contribution is -2.33. The van der Waals surface area contributed by atoms with Crippen molar-refractivity contribution in [2.45, 2.75) is 40.7 Å². The Kier molecular flexibility index (Phi) is 7.63. The van der Waals surface area contributed by atoms with Crippen LogP contribution in [0, 0.1) is 20.8 Å². The highest BCUT2D eigenvalue weighted by Gasteiger charge is 2.20. The average Bonchev–Trinajstić information content (AvgIpc) is 2.87. The third kappa shape index (κ3) is 5.08. The Bertz CT molecular complexity index is 1650. The standard InChI is InChI=1S/C28H30N4O5/c1-6-37-28(35)22-16-21-24(29-23-18(3)9-7-12-32(23)27(21)34)31(13-8-14-36-5)25(22)30-26(33)20-11-10-17(2)19(4)15-20/h7,9-12,15-16H,6,8,13-14H2,1-5H3. The molecule has 0 aliphatic rings. The average molecular weight is 503 g/mol. The number of aryl methyl sites for hydroxylation is 4. The van der Waals surface area contributed by atoms with Gasteiger partial charge in [-0.15, -0.1) is 0 Å². The first-order valence-corrected chi connectivity index (χ1v) is 12.1. The van der Waals surface area contributed by atoms with Crippen LogP contribution >= 0.6 is 0 Å². The minimum atomic E-state index is -0.676. The van der Waals surface area contributed by atoms with Gasteiger partial charge in [0, 0.05) is 32.0 Å². The molecule has 3 heterocycles. The van der Waals surface area contributed by atoms with Gasteiger partial charge in [-0.3, -0.25) is 14.0 Å². The van der Waals surface area contributed by atoms with Crippen LogP contribution in [-0.2, 0) is 16.0 Å². The normalized spacial score (nSPS) is 11.9. The fourth-order valence-electron chi connectivity index (χ4n) is 4.18. The molecule has 3 aromatic heterocycles. The van der Waals surface area contributed by atoms with Crippen molar-refractivity contribution in [1.82, 2.24) is 14.0 Å². The number of ether oxygens (including phenoxy) is 2. The second-order valence-electron chi connectivity index (χ2n) is 8.86. The van der Waals surface area contributed by atoms with Crippen molar-refractivity contribution in [2.75, 3.05) is 20.3 Å². The summed E-state index contributed by atoms with van der Waals surface area (Å²) in [5, 5.41) is 0.223. The zero-order valence-corrected chi connectivity index (χ0v) is 21.7. The Hall–Kier alpha value is -4.11. The Morgan fingerprint density at radius 3 is 2.51 bits per heavy atom. The number of carbonyl (C=O) groups excluding carboxylic acids is 2. The molecule has 0 fully saturated rings. The van der Waals surface area contributed by atoms with Crippen LogP contribution < -0.4 is 11.0 Å². The number of benzene rings is 1. The van der Waals surface area contributed by atoms with Crippen LogP contribution in [0.25, 0.3) is 16.7 Å². The van der Waals surface area contributed by atoms with Gasteiger partial charge in [-0.2, -0.15) is 4.99 Å². The highest BCUT2D eigenvalue weighted by molar-refractivity contribution is 5.97. The summed E-state index contributed by atoms with van der Waals surface area (Å²) in [6.07, 6.45) is 2.18. The topological polar surface area (TPSA) is 104 Å². The summed E-state index contributed by atoms with van der Waals surface area (Å²) >= 11 is 0. The van der Waals surface area contributed by atoms with Gasteiger partial charge in [-0.1, -0.05) is 12.1 Å².